The summed E-state index contributed by atoms with van der Waals surface area (Å²) in [5, 5.41) is 3.59. The molecule has 2 aromatic carbocycles. The minimum Gasteiger partial charge on any atom is -0.353 e. The summed E-state index contributed by atoms with van der Waals surface area (Å²) in [6, 6.07) is 22.4. The zero-order valence-corrected chi connectivity index (χ0v) is 20.4. The molecule has 5 atom stereocenters. The fourth-order valence-corrected chi connectivity index (χ4v) is 8.79. The van der Waals surface area contributed by atoms with E-state index in [9.17, 15) is 4.79 Å². The lowest BCUT2D eigenvalue weighted by atomic mass is 9.61. The van der Waals surface area contributed by atoms with Crippen molar-refractivity contribution >= 4 is 5.91 Å². The van der Waals surface area contributed by atoms with Crippen molar-refractivity contribution in [3.05, 3.63) is 71.8 Å². The van der Waals surface area contributed by atoms with Crippen LogP contribution in [-0.4, -0.2) is 18.5 Å². The van der Waals surface area contributed by atoms with Crippen molar-refractivity contribution in [2.24, 2.45) is 34.8 Å². The summed E-state index contributed by atoms with van der Waals surface area (Å²) in [5.74, 6) is 2.91. The van der Waals surface area contributed by atoms with E-state index in [1.165, 1.54) is 30.4 Å². The molecule has 5 saturated carbocycles. The zero-order chi connectivity index (χ0) is 23.2. The molecular weight excluding hydrogens is 416 g/mol. The van der Waals surface area contributed by atoms with E-state index in [1.807, 2.05) is 0 Å². The normalized spacial score (nSPS) is 38.2. The van der Waals surface area contributed by atoms with Gasteiger partial charge in [0.25, 0.3) is 0 Å². The van der Waals surface area contributed by atoms with E-state index in [4.69, 9.17) is 5.73 Å². The molecule has 2 aromatic rings. The Kier molecular flexibility index (Phi) is 5.80. The Balaban J connectivity index is 1.24. The van der Waals surface area contributed by atoms with Crippen molar-refractivity contribution in [3.63, 3.8) is 0 Å². The first kappa shape index (κ1) is 22.3. The highest BCUT2D eigenvalue weighted by Gasteiger charge is 2.70. The number of amides is 1. The number of rotatable bonds is 7. The Bertz CT molecular complexity index is 999. The number of benzene rings is 2. The van der Waals surface area contributed by atoms with Crippen LogP contribution in [0.1, 0.15) is 68.9 Å². The van der Waals surface area contributed by atoms with Gasteiger partial charge in [-0.3, -0.25) is 4.79 Å². The SMILES string of the molecule is NCC1CCC(NC(=O)C23CC4CC(c5ccccc5)(CC2C4CCc2ccccc2)C3)CC1. The molecule has 5 aliphatic carbocycles. The molecule has 0 aromatic heterocycles. The molecule has 0 saturated heterocycles. The lowest BCUT2D eigenvalue weighted by Crippen LogP contribution is -2.48. The van der Waals surface area contributed by atoms with E-state index in [1.54, 1.807) is 0 Å². The van der Waals surface area contributed by atoms with Crippen LogP contribution in [0.25, 0.3) is 0 Å². The predicted octanol–water partition coefficient (Wildman–Crippen LogP) is 5.63. The summed E-state index contributed by atoms with van der Waals surface area (Å²) in [4.78, 5) is 14.1. The number of nitrogens with one attached hydrogen (secondary N) is 1. The van der Waals surface area contributed by atoms with Crippen molar-refractivity contribution in [1.29, 1.82) is 0 Å². The van der Waals surface area contributed by atoms with Gasteiger partial charge in [0.1, 0.15) is 0 Å². The van der Waals surface area contributed by atoms with Crippen LogP contribution >= 0.6 is 0 Å². The minimum absolute atomic E-state index is 0.162. The van der Waals surface area contributed by atoms with Crippen LogP contribution in [0, 0.1) is 29.1 Å². The van der Waals surface area contributed by atoms with Crippen LogP contribution in [0.2, 0.25) is 0 Å². The summed E-state index contributed by atoms with van der Waals surface area (Å²) >= 11 is 0. The molecular formula is C31H40N2O. The van der Waals surface area contributed by atoms with Crippen molar-refractivity contribution in [2.45, 2.75) is 75.7 Å². The van der Waals surface area contributed by atoms with Gasteiger partial charge in [-0.15, -0.1) is 0 Å². The molecule has 3 N–H and O–H groups in total. The Morgan fingerprint density at radius 3 is 2.32 bits per heavy atom. The Hall–Kier alpha value is -2.13. The second-order valence-corrected chi connectivity index (χ2v) is 12.1. The number of carbonyl (C=O) groups excluding carboxylic acids is 1. The van der Waals surface area contributed by atoms with Crippen LogP contribution in [0.3, 0.4) is 0 Å². The first-order valence-electron chi connectivity index (χ1n) is 13.7. The molecule has 0 spiro atoms. The van der Waals surface area contributed by atoms with Gasteiger partial charge in [0, 0.05) is 6.04 Å². The Morgan fingerprint density at radius 2 is 1.62 bits per heavy atom. The largest absolute Gasteiger partial charge is 0.353 e. The van der Waals surface area contributed by atoms with Gasteiger partial charge in [-0.2, -0.15) is 0 Å². The van der Waals surface area contributed by atoms with E-state index >= 15 is 0 Å². The highest BCUT2D eigenvalue weighted by atomic mass is 16.2. The molecule has 3 heteroatoms. The average Bonchev–Trinajstić information content (AvgIpc) is 3.26. The smallest absolute Gasteiger partial charge is 0.226 e. The zero-order valence-electron chi connectivity index (χ0n) is 20.4. The lowest BCUT2D eigenvalue weighted by Gasteiger charge is -2.43. The summed E-state index contributed by atoms with van der Waals surface area (Å²) in [5.41, 5.74) is 8.86. The first-order chi connectivity index (χ1) is 16.6. The van der Waals surface area contributed by atoms with Gasteiger partial charge in [-0.25, -0.2) is 0 Å². The van der Waals surface area contributed by atoms with Crippen LogP contribution in [0.15, 0.2) is 60.7 Å². The summed E-state index contributed by atoms with van der Waals surface area (Å²) in [6.45, 7) is 0.789. The summed E-state index contributed by atoms with van der Waals surface area (Å²) in [6.07, 6.45) is 11.5. The Morgan fingerprint density at radius 1 is 0.912 bits per heavy atom. The van der Waals surface area contributed by atoms with Gasteiger partial charge in [0.05, 0.1) is 5.41 Å². The number of carbonyl (C=O) groups is 1. The van der Waals surface area contributed by atoms with Crippen molar-refractivity contribution in [1.82, 2.24) is 5.32 Å². The number of nitrogens with two attached hydrogens (primary N) is 1. The highest BCUT2D eigenvalue weighted by Crippen LogP contribution is 2.73. The first-order valence-corrected chi connectivity index (χ1v) is 13.7. The molecule has 5 fully saturated rings. The van der Waals surface area contributed by atoms with Crippen LogP contribution < -0.4 is 11.1 Å². The van der Waals surface area contributed by atoms with Crippen molar-refractivity contribution in [2.75, 3.05) is 6.54 Å². The molecule has 4 bridgehead atoms. The van der Waals surface area contributed by atoms with Gasteiger partial charge in [-0.1, -0.05) is 60.7 Å². The average molecular weight is 457 g/mol. The standard InChI is InChI=1S/C31H40N2O/c32-20-23-11-14-26(15-12-23)33-29(34)31-18-24-17-30(21-31,25-9-5-2-6-10-25)19-28(31)27(24)16-13-22-7-3-1-4-8-22/h1-10,23-24,26-28H,11-21,32H2,(H,33,34). The fraction of sp³-hybridized carbons (Fsp3) is 0.581. The monoisotopic (exact) mass is 456 g/mol. The van der Waals surface area contributed by atoms with Crippen molar-refractivity contribution < 1.29 is 4.79 Å². The molecule has 5 aliphatic rings. The van der Waals surface area contributed by atoms with Gasteiger partial charge in [-0.05, 0) is 111 Å². The van der Waals surface area contributed by atoms with Crippen LogP contribution in [0.4, 0.5) is 0 Å². The number of aryl methyl sites for hydroxylation is 1. The molecule has 7 rings (SSSR count). The maximum absolute atomic E-state index is 14.1. The number of hydrogen-bond acceptors (Lipinski definition) is 2. The van der Waals surface area contributed by atoms with Gasteiger partial charge in [0.2, 0.25) is 5.91 Å². The third-order valence-corrected chi connectivity index (χ3v) is 10.3. The fourth-order valence-electron chi connectivity index (χ4n) is 8.79. The minimum atomic E-state index is -0.162. The van der Waals surface area contributed by atoms with E-state index < -0.39 is 0 Å². The third kappa shape index (κ3) is 3.71. The van der Waals surface area contributed by atoms with Gasteiger partial charge < -0.3 is 11.1 Å². The molecule has 0 radical (unpaired) electrons. The molecule has 3 nitrogen and oxygen atoms in total. The molecule has 0 aliphatic heterocycles. The molecule has 0 heterocycles. The molecule has 1 amide bonds. The third-order valence-electron chi connectivity index (χ3n) is 10.3. The van der Waals surface area contributed by atoms with Crippen LogP contribution in [0.5, 0.6) is 0 Å². The quantitative estimate of drug-likeness (QED) is 0.567. The van der Waals surface area contributed by atoms with Gasteiger partial charge in [0.15, 0.2) is 0 Å². The second kappa shape index (κ2) is 8.82. The molecule has 180 valence electrons. The highest BCUT2D eigenvalue weighted by molar-refractivity contribution is 5.85. The van der Waals surface area contributed by atoms with Crippen molar-refractivity contribution in [3.8, 4) is 0 Å². The predicted molar refractivity (Wildman–Crippen MR) is 137 cm³/mol. The summed E-state index contributed by atoms with van der Waals surface area (Å²) in [7, 11) is 0. The van der Waals surface area contributed by atoms with E-state index in [-0.39, 0.29) is 10.8 Å². The summed E-state index contributed by atoms with van der Waals surface area (Å²) < 4.78 is 0. The Labute approximate surface area is 204 Å². The molecule has 34 heavy (non-hydrogen) atoms. The van der Waals surface area contributed by atoms with E-state index in [2.05, 4.69) is 66.0 Å². The maximum Gasteiger partial charge on any atom is 0.226 e. The van der Waals surface area contributed by atoms with E-state index in [0.717, 1.165) is 51.5 Å². The lowest BCUT2D eigenvalue weighted by molar-refractivity contribution is -0.134. The number of hydrogen-bond donors (Lipinski definition) is 2. The van der Waals surface area contributed by atoms with E-state index in [0.29, 0.717) is 35.6 Å². The molecule has 5 unspecified atom stereocenters. The topological polar surface area (TPSA) is 55.1 Å². The van der Waals surface area contributed by atoms with Gasteiger partial charge >= 0.3 is 0 Å². The second-order valence-electron chi connectivity index (χ2n) is 12.1. The van der Waals surface area contributed by atoms with Crippen LogP contribution in [-0.2, 0) is 16.6 Å². The maximum atomic E-state index is 14.1.